The summed E-state index contributed by atoms with van der Waals surface area (Å²) in [5.41, 5.74) is 3.37. The Morgan fingerprint density at radius 1 is 0.800 bits per heavy atom. The van der Waals surface area contributed by atoms with Gasteiger partial charge in [0.2, 0.25) is 0 Å². The molecular weight excluding hydrogens is 465 g/mol. The predicted octanol–water partition coefficient (Wildman–Crippen LogP) is 7.88. The number of halogens is 2. The first-order valence-electron chi connectivity index (χ1n) is 10.8. The van der Waals surface area contributed by atoms with E-state index in [9.17, 15) is 9.18 Å². The maximum absolute atomic E-state index is 13.5. The van der Waals surface area contributed by atoms with Gasteiger partial charge >= 0.3 is 6.03 Å². The van der Waals surface area contributed by atoms with Gasteiger partial charge in [-0.15, -0.1) is 0 Å². The molecule has 0 aliphatic carbocycles. The highest BCUT2D eigenvalue weighted by molar-refractivity contribution is 6.30. The van der Waals surface area contributed by atoms with Crippen LogP contribution in [0.1, 0.15) is 0 Å². The van der Waals surface area contributed by atoms with E-state index in [1.54, 1.807) is 54.7 Å². The highest BCUT2D eigenvalue weighted by Gasteiger charge is 2.17. The second-order valence-corrected chi connectivity index (χ2v) is 8.16. The number of rotatable bonds is 5. The summed E-state index contributed by atoms with van der Waals surface area (Å²) in [6.07, 6.45) is 1.62. The third-order valence-corrected chi connectivity index (χ3v) is 5.53. The van der Waals surface area contributed by atoms with Crippen molar-refractivity contribution in [1.29, 1.82) is 0 Å². The maximum Gasteiger partial charge on any atom is 0.346 e. The number of ether oxygens (including phenoxy) is 1. The number of para-hydroxylation sites is 1. The van der Waals surface area contributed by atoms with Crippen LogP contribution in [0.15, 0.2) is 109 Å². The van der Waals surface area contributed by atoms with Crippen molar-refractivity contribution >= 4 is 23.3 Å². The van der Waals surface area contributed by atoms with E-state index in [1.165, 1.54) is 16.8 Å². The summed E-state index contributed by atoms with van der Waals surface area (Å²) in [4.78, 5) is 13.0. The van der Waals surface area contributed by atoms with Crippen LogP contribution in [-0.4, -0.2) is 15.8 Å². The zero-order valence-electron chi connectivity index (χ0n) is 18.4. The van der Waals surface area contributed by atoms with Gasteiger partial charge in [-0.2, -0.15) is 9.78 Å². The molecule has 1 aromatic heterocycles. The van der Waals surface area contributed by atoms with E-state index < -0.39 is 6.03 Å². The molecule has 172 valence electrons. The molecule has 1 N–H and O–H groups in total. The lowest BCUT2D eigenvalue weighted by Gasteiger charge is -2.08. The number of benzene rings is 4. The van der Waals surface area contributed by atoms with E-state index in [4.69, 9.17) is 16.3 Å². The molecule has 0 bridgehead atoms. The number of amides is 1. The van der Waals surface area contributed by atoms with Gasteiger partial charge in [-0.3, -0.25) is 0 Å². The number of hydrogen-bond acceptors (Lipinski definition) is 3. The fourth-order valence-electron chi connectivity index (χ4n) is 3.55. The smallest absolute Gasteiger partial charge is 0.346 e. The molecule has 0 unspecified atom stereocenters. The number of aromatic nitrogens is 2. The van der Waals surface area contributed by atoms with Crippen LogP contribution in [0.2, 0.25) is 5.02 Å². The van der Waals surface area contributed by atoms with E-state index in [0.29, 0.717) is 27.7 Å². The average molecular weight is 484 g/mol. The summed E-state index contributed by atoms with van der Waals surface area (Å²) in [7, 11) is 0. The minimum Gasteiger partial charge on any atom is -0.457 e. The predicted molar refractivity (Wildman–Crippen MR) is 135 cm³/mol. The van der Waals surface area contributed by atoms with Crippen molar-refractivity contribution in [3.8, 4) is 33.9 Å². The highest BCUT2D eigenvalue weighted by atomic mass is 35.5. The van der Waals surface area contributed by atoms with Gasteiger partial charge in [0.1, 0.15) is 23.0 Å². The highest BCUT2D eigenvalue weighted by Crippen LogP contribution is 2.32. The Morgan fingerprint density at radius 3 is 2.11 bits per heavy atom. The molecular formula is C28H19ClFN3O2. The standard InChI is InChI=1S/C28H19ClFN3O2/c29-21-10-6-20(7-11-21)27-26(19-8-12-22(30)13-9-19)18-33(32-27)28(34)31-23-14-16-25(17-15-23)35-24-4-2-1-3-5-24/h1-18H,(H,31,34). The minimum atomic E-state index is -0.440. The Kier molecular flexibility index (Phi) is 6.28. The van der Waals surface area contributed by atoms with Gasteiger partial charge in [-0.1, -0.05) is 54.1 Å². The van der Waals surface area contributed by atoms with Crippen LogP contribution in [0.25, 0.3) is 22.4 Å². The number of carbonyl (C=O) groups excluding carboxylic acids is 1. The van der Waals surface area contributed by atoms with Gasteiger partial charge in [0.05, 0.1) is 0 Å². The third-order valence-electron chi connectivity index (χ3n) is 5.28. The molecule has 0 saturated carbocycles. The first-order valence-corrected chi connectivity index (χ1v) is 11.2. The summed E-state index contributed by atoms with van der Waals surface area (Å²) in [5.74, 6) is 1.03. The van der Waals surface area contributed by atoms with Crippen molar-refractivity contribution in [2.75, 3.05) is 5.32 Å². The molecule has 5 nitrogen and oxygen atoms in total. The molecule has 1 heterocycles. The number of nitrogens with one attached hydrogen (secondary N) is 1. The fraction of sp³-hybridized carbons (Fsp3) is 0. The number of hydrogen-bond donors (Lipinski definition) is 1. The third kappa shape index (κ3) is 5.23. The monoisotopic (exact) mass is 483 g/mol. The second kappa shape index (κ2) is 9.83. The molecule has 7 heteroatoms. The van der Waals surface area contributed by atoms with Crippen LogP contribution in [0.3, 0.4) is 0 Å². The molecule has 0 saturated heterocycles. The van der Waals surface area contributed by atoms with Gasteiger partial charge in [-0.25, -0.2) is 9.18 Å². The molecule has 5 aromatic rings. The molecule has 35 heavy (non-hydrogen) atoms. The van der Waals surface area contributed by atoms with Crippen molar-refractivity contribution in [2.45, 2.75) is 0 Å². The molecule has 0 spiro atoms. The zero-order valence-corrected chi connectivity index (χ0v) is 19.1. The number of nitrogens with zero attached hydrogens (tertiary/aromatic N) is 2. The van der Waals surface area contributed by atoms with Crippen molar-refractivity contribution in [2.24, 2.45) is 0 Å². The van der Waals surface area contributed by atoms with Crippen LogP contribution < -0.4 is 10.1 Å². The van der Waals surface area contributed by atoms with E-state index >= 15 is 0 Å². The fourth-order valence-corrected chi connectivity index (χ4v) is 3.68. The number of carbonyl (C=O) groups is 1. The molecule has 0 aliphatic rings. The van der Waals surface area contributed by atoms with E-state index in [2.05, 4.69) is 10.4 Å². The van der Waals surface area contributed by atoms with Gasteiger partial charge < -0.3 is 10.1 Å². The van der Waals surface area contributed by atoms with Crippen LogP contribution in [0.5, 0.6) is 11.5 Å². The van der Waals surface area contributed by atoms with Crippen LogP contribution in [0.4, 0.5) is 14.9 Å². The quantitative estimate of drug-likeness (QED) is 0.276. The van der Waals surface area contributed by atoms with Crippen molar-refractivity contribution in [3.63, 3.8) is 0 Å². The topological polar surface area (TPSA) is 56.1 Å². The van der Waals surface area contributed by atoms with E-state index in [1.807, 2.05) is 42.5 Å². The molecule has 0 radical (unpaired) electrons. The molecule has 0 atom stereocenters. The van der Waals surface area contributed by atoms with Crippen molar-refractivity contribution in [3.05, 3.63) is 120 Å². The Bertz CT molecular complexity index is 1390. The lowest BCUT2D eigenvalue weighted by molar-refractivity contribution is 0.251. The van der Waals surface area contributed by atoms with Gasteiger partial charge in [0.15, 0.2) is 0 Å². The molecule has 1 amide bonds. The van der Waals surface area contributed by atoms with Gasteiger partial charge in [0, 0.05) is 28.0 Å². The largest absolute Gasteiger partial charge is 0.457 e. The van der Waals surface area contributed by atoms with Crippen molar-refractivity contribution in [1.82, 2.24) is 9.78 Å². The van der Waals surface area contributed by atoms with E-state index in [0.717, 1.165) is 16.9 Å². The Morgan fingerprint density at radius 2 is 1.43 bits per heavy atom. The first-order chi connectivity index (χ1) is 17.0. The number of anilines is 1. The SMILES string of the molecule is O=C(Nc1ccc(Oc2ccccc2)cc1)n1cc(-c2ccc(F)cc2)c(-c2ccc(Cl)cc2)n1. The average Bonchev–Trinajstić information content (AvgIpc) is 3.32. The first kappa shape index (κ1) is 22.4. The summed E-state index contributed by atoms with van der Waals surface area (Å²) in [5, 5.41) is 7.95. The Hall–Kier alpha value is -4.42. The van der Waals surface area contributed by atoms with Crippen LogP contribution >= 0.6 is 11.6 Å². The lowest BCUT2D eigenvalue weighted by atomic mass is 10.0. The van der Waals surface area contributed by atoms with Gasteiger partial charge in [-0.05, 0) is 66.2 Å². The maximum atomic E-state index is 13.5. The Balaban J connectivity index is 1.40. The van der Waals surface area contributed by atoms with Gasteiger partial charge in [0.25, 0.3) is 0 Å². The Labute approximate surface area is 206 Å². The summed E-state index contributed by atoms with van der Waals surface area (Å²) in [6.45, 7) is 0. The molecule has 4 aromatic carbocycles. The summed E-state index contributed by atoms with van der Waals surface area (Å²) in [6, 6.07) is 29.3. The normalized spacial score (nSPS) is 10.7. The summed E-state index contributed by atoms with van der Waals surface area (Å²) < 4.78 is 20.5. The second-order valence-electron chi connectivity index (χ2n) is 7.72. The van der Waals surface area contributed by atoms with E-state index in [-0.39, 0.29) is 5.82 Å². The minimum absolute atomic E-state index is 0.341. The molecule has 5 rings (SSSR count). The van der Waals surface area contributed by atoms with Crippen molar-refractivity contribution < 1.29 is 13.9 Å². The summed E-state index contributed by atoms with van der Waals surface area (Å²) >= 11 is 6.04. The van der Waals surface area contributed by atoms with Crippen LogP contribution in [0, 0.1) is 5.82 Å². The molecule has 0 fully saturated rings. The molecule has 0 aliphatic heterocycles. The zero-order chi connectivity index (χ0) is 24.2. The van der Waals surface area contributed by atoms with Crippen LogP contribution in [-0.2, 0) is 0 Å². The lowest BCUT2D eigenvalue weighted by Crippen LogP contribution is -2.19.